The van der Waals surface area contributed by atoms with E-state index in [0.717, 1.165) is 38.5 Å². The fourth-order valence-corrected chi connectivity index (χ4v) is 3.78. The lowest BCUT2D eigenvalue weighted by Gasteiger charge is -2.44. The van der Waals surface area contributed by atoms with Crippen molar-refractivity contribution in [3.8, 4) is 0 Å². The van der Waals surface area contributed by atoms with Crippen LogP contribution in [0.4, 0.5) is 0 Å². The van der Waals surface area contributed by atoms with Crippen LogP contribution >= 0.6 is 0 Å². The normalized spacial score (nSPS) is 28.0. The molecule has 2 aliphatic rings. The molecule has 22 heavy (non-hydrogen) atoms. The van der Waals surface area contributed by atoms with Crippen LogP contribution in [0.3, 0.4) is 0 Å². The molecule has 0 amide bonds. The molecule has 0 heterocycles. The van der Waals surface area contributed by atoms with Gasteiger partial charge < -0.3 is 4.74 Å². The lowest BCUT2D eigenvalue weighted by molar-refractivity contribution is -0.157. The molecule has 0 radical (unpaired) electrons. The predicted molar refractivity (Wildman–Crippen MR) is 87.5 cm³/mol. The number of allylic oxidation sites excluding steroid dienone is 1. The van der Waals surface area contributed by atoms with Crippen molar-refractivity contribution >= 4 is 11.8 Å². The molecule has 2 rings (SSSR count). The number of carbonyl (C=O) groups is 2. The first kappa shape index (κ1) is 17.2. The summed E-state index contributed by atoms with van der Waals surface area (Å²) in [5.41, 5.74) is 1.10. The molecule has 124 valence electrons. The lowest BCUT2D eigenvalue weighted by Crippen LogP contribution is -2.43. The van der Waals surface area contributed by atoms with E-state index in [9.17, 15) is 9.59 Å². The zero-order chi connectivity index (χ0) is 16.0. The van der Waals surface area contributed by atoms with Gasteiger partial charge in [-0.05, 0) is 38.2 Å². The zero-order valence-electron chi connectivity index (χ0n) is 14.2. The Morgan fingerprint density at radius 3 is 2.82 bits per heavy atom. The van der Waals surface area contributed by atoms with Crippen LogP contribution in [0.25, 0.3) is 0 Å². The Morgan fingerprint density at radius 1 is 1.27 bits per heavy atom. The maximum absolute atomic E-state index is 12.1. The third-order valence-electron chi connectivity index (χ3n) is 5.34. The smallest absolute Gasteiger partial charge is 0.306 e. The Kier molecular flexibility index (Phi) is 6.22. The number of rotatable bonds is 7. The maximum atomic E-state index is 12.1. The molecule has 0 aliphatic heterocycles. The molecule has 3 nitrogen and oxygen atoms in total. The minimum atomic E-state index is -0.107. The molecule has 2 atom stereocenters. The summed E-state index contributed by atoms with van der Waals surface area (Å²) in [5, 5.41) is 0. The molecule has 0 bridgehead atoms. The molecule has 3 heteroatoms. The van der Waals surface area contributed by atoms with Crippen molar-refractivity contribution < 1.29 is 14.3 Å². The van der Waals surface area contributed by atoms with Gasteiger partial charge in [0.25, 0.3) is 0 Å². The van der Waals surface area contributed by atoms with Crippen LogP contribution in [-0.4, -0.2) is 17.9 Å². The molecule has 2 aliphatic carbocycles. The Hall–Kier alpha value is -1.12. The van der Waals surface area contributed by atoms with Crippen LogP contribution in [0.15, 0.2) is 11.6 Å². The van der Waals surface area contributed by atoms with Crippen LogP contribution in [-0.2, 0) is 14.3 Å². The predicted octanol–water partition coefficient (Wildman–Crippen LogP) is 4.74. The van der Waals surface area contributed by atoms with Crippen molar-refractivity contribution in [2.75, 3.05) is 0 Å². The highest BCUT2D eigenvalue weighted by molar-refractivity contribution is 5.91. The third-order valence-corrected chi connectivity index (χ3v) is 5.34. The van der Waals surface area contributed by atoms with Crippen molar-refractivity contribution in [3.63, 3.8) is 0 Å². The van der Waals surface area contributed by atoms with Crippen molar-refractivity contribution in [2.24, 2.45) is 5.41 Å². The molecule has 0 unspecified atom stereocenters. The van der Waals surface area contributed by atoms with Crippen LogP contribution in [0.1, 0.15) is 84.5 Å². The van der Waals surface area contributed by atoms with Crippen LogP contribution in [0.5, 0.6) is 0 Å². The highest BCUT2D eigenvalue weighted by atomic mass is 16.5. The van der Waals surface area contributed by atoms with Gasteiger partial charge in [0.15, 0.2) is 5.78 Å². The topological polar surface area (TPSA) is 43.4 Å². The van der Waals surface area contributed by atoms with E-state index in [1.165, 1.54) is 24.8 Å². The molecule has 0 aromatic carbocycles. The third kappa shape index (κ3) is 4.21. The van der Waals surface area contributed by atoms with Crippen molar-refractivity contribution in [2.45, 2.75) is 90.6 Å². The highest BCUT2D eigenvalue weighted by Crippen LogP contribution is 2.48. The number of hydrogen-bond acceptors (Lipinski definition) is 3. The second-order valence-corrected chi connectivity index (χ2v) is 7.09. The maximum Gasteiger partial charge on any atom is 0.306 e. The number of ketones is 1. The van der Waals surface area contributed by atoms with E-state index in [0.29, 0.717) is 12.8 Å². The minimum Gasteiger partial charge on any atom is -0.461 e. The summed E-state index contributed by atoms with van der Waals surface area (Å²) in [5.74, 6) is 0.177. The first-order valence-electron chi connectivity index (χ1n) is 8.99. The summed E-state index contributed by atoms with van der Waals surface area (Å²) in [6.45, 7) is 4.36. The highest BCUT2D eigenvalue weighted by Gasteiger charge is 2.44. The van der Waals surface area contributed by atoms with Gasteiger partial charge in [0.05, 0.1) is 0 Å². The molecule has 0 aromatic heterocycles. The van der Waals surface area contributed by atoms with E-state index >= 15 is 0 Å². The number of hydrogen-bond donors (Lipinski definition) is 0. The summed E-state index contributed by atoms with van der Waals surface area (Å²) in [6, 6.07) is 0. The van der Waals surface area contributed by atoms with E-state index in [-0.39, 0.29) is 23.3 Å². The van der Waals surface area contributed by atoms with Crippen LogP contribution < -0.4 is 0 Å². The van der Waals surface area contributed by atoms with E-state index in [2.05, 4.69) is 13.8 Å². The average Bonchev–Trinajstić information content (AvgIpc) is 2.49. The van der Waals surface area contributed by atoms with E-state index in [1.807, 2.05) is 6.08 Å². The molecule has 0 saturated heterocycles. The fraction of sp³-hybridized carbons (Fsp3) is 0.789. The van der Waals surface area contributed by atoms with E-state index < -0.39 is 0 Å². The first-order valence-corrected chi connectivity index (χ1v) is 8.99. The minimum absolute atomic E-state index is 0.0382. The molecule has 0 spiro atoms. The summed E-state index contributed by atoms with van der Waals surface area (Å²) in [7, 11) is 0. The van der Waals surface area contributed by atoms with Gasteiger partial charge in [-0.15, -0.1) is 0 Å². The van der Waals surface area contributed by atoms with Crippen molar-refractivity contribution in [1.82, 2.24) is 0 Å². The van der Waals surface area contributed by atoms with Crippen molar-refractivity contribution in [1.29, 1.82) is 0 Å². The quantitative estimate of drug-likeness (QED) is 0.504. The number of unbranched alkanes of at least 4 members (excludes halogenated alkanes) is 4. The van der Waals surface area contributed by atoms with Gasteiger partial charge in [-0.25, -0.2) is 0 Å². The van der Waals surface area contributed by atoms with Gasteiger partial charge in [-0.1, -0.05) is 45.1 Å². The molecular formula is C19H30O3. The summed E-state index contributed by atoms with van der Waals surface area (Å²) in [6.07, 6.45) is 12.4. The number of esters is 1. The molecule has 0 N–H and O–H groups in total. The second-order valence-electron chi connectivity index (χ2n) is 7.09. The summed E-state index contributed by atoms with van der Waals surface area (Å²) in [4.78, 5) is 23.7. The van der Waals surface area contributed by atoms with Gasteiger partial charge in [-0.3, -0.25) is 9.59 Å². The second kappa shape index (κ2) is 7.94. The Bertz CT molecular complexity index is 438. The summed E-state index contributed by atoms with van der Waals surface area (Å²) >= 11 is 0. The van der Waals surface area contributed by atoms with Gasteiger partial charge in [0, 0.05) is 18.3 Å². The van der Waals surface area contributed by atoms with Gasteiger partial charge in [-0.2, -0.15) is 0 Å². The van der Waals surface area contributed by atoms with E-state index in [4.69, 9.17) is 4.74 Å². The first-order chi connectivity index (χ1) is 10.6. The van der Waals surface area contributed by atoms with Gasteiger partial charge >= 0.3 is 5.97 Å². The lowest BCUT2D eigenvalue weighted by atomic mass is 9.64. The largest absolute Gasteiger partial charge is 0.461 e. The molecule has 0 aromatic rings. The zero-order valence-corrected chi connectivity index (χ0v) is 14.2. The Morgan fingerprint density at radius 2 is 2.05 bits per heavy atom. The molecule has 1 fully saturated rings. The fourth-order valence-electron chi connectivity index (χ4n) is 3.78. The number of ether oxygens (including phenoxy) is 1. The van der Waals surface area contributed by atoms with Crippen molar-refractivity contribution in [3.05, 3.63) is 11.6 Å². The Balaban J connectivity index is 1.85. The number of carbonyl (C=O) groups excluding carboxylic acids is 2. The van der Waals surface area contributed by atoms with E-state index in [1.54, 1.807) is 0 Å². The van der Waals surface area contributed by atoms with Gasteiger partial charge in [0.2, 0.25) is 0 Å². The summed E-state index contributed by atoms with van der Waals surface area (Å²) < 4.78 is 5.81. The van der Waals surface area contributed by atoms with Crippen LogP contribution in [0.2, 0.25) is 0 Å². The molecular weight excluding hydrogens is 276 g/mol. The van der Waals surface area contributed by atoms with Gasteiger partial charge in [0.1, 0.15) is 6.10 Å². The average molecular weight is 306 g/mol. The number of fused-ring (bicyclic) bond motifs is 1. The molecule has 1 saturated carbocycles. The Labute approximate surface area is 134 Å². The monoisotopic (exact) mass is 306 g/mol. The SMILES string of the molecule is CCCCCCCC(=O)O[C@H]1CCCC2=CC(=O)CC[C@@]21C. The van der Waals surface area contributed by atoms with Crippen LogP contribution in [0, 0.1) is 5.41 Å². The standard InChI is InChI=1S/C19H30O3/c1-3-4-5-6-7-11-18(21)22-17-10-8-9-15-14-16(20)12-13-19(15,17)2/h14,17H,3-13H2,1-2H3/t17-,19-/m0/s1.